The van der Waals surface area contributed by atoms with E-state index in [4.69, 9.17) is 5.73 Å². The molecule has 3 nitrogen and oxygen atoms in total. The fraction of sp³-hybridized carbons (Fsp3) is 1.00. The van der Waals surface area contributed by atoms with E-state index in [9.17, 15) is 0 Å². The topological polar surface area (TPSA) is 32.5 Å². The molecule has 0 spiro atoms. The van der Waals surface area contributed by atoms with Crippen LogP contribution in [-0.2, 0) is 0 Å². The zero-order valence-electron chi connectivity index (χ0n) is 9.45. The molecular formula is C11H23N3. The summed E-state index contributed by atoms with van der Waals surface area (Å²) in [5.74, 6) is 0. The fourth-order valence-corrected chi connectivity index (χ4v) is 3.16. The van der Waals surface area contributed by atoms with Crippen molar-refractivity contribution in [2.24, 2.45) is 5.73 Å². The molecule has 0 aromatic carbocycles. The number of hydrogen-bond acceptors (Lipinski definition) is 3. The number of hydrogen-bond donors (Lipinski definition) is 1. The Bertz CT molecular complexity index is 193. The molecule has 2 rings (SSSR count). The molecule has 3 heteroatoms. The third-order valence-electron chi connectivity index (χ3n) is 3.71. The summed E-state index contributed by atoms with van der Waals surface area (Å²) in [6.07, 6.45) is 4.13. The molecule has 0 aromatic heterocycles. The van der Waals surface area contributed by atoms with E-state index in [1.165, 1.54) is 32.4 Å². The van der Waals surface area contributed by atoms with Crippen molar-refractivity contribution in [3.05, 3.63) is 0 Å². The summed E-state index contributed by atoms with van der Waals surface area (Å²) in [5, 5.41) is 0. The summed E-state index contributed by atoms with van der Waals surface area (Å²) in [7, 11) is 2.23. The van der Waals surface area contributed by atoms with Crippen LogP contribution in [-0.4, -0.2) is 54.6 Å². The highest BCUT2D eigenvalue weighted by molar-refractivity contribution is 4.96. The normalized spacial score (nSPS) is 35.1. The van der Waals surface area contributed by atoms with E-state index in [1.54, 1.807) is 0 Å². The van der Waals surface area contributed by atoms with Gasteiger partial charge in [0.05, 0.1) is 0 Å². The molecule has 2 fully saturated rings. The van der Waals surface area contributed by atoms with Crippen molar-refractivity contribution in [3.63, 3.8) is 0 Å². The minimum atomic E-state index is 0.301. The summed E-state index contributed by atoms with van der Waals surface area (Å²) in [4.78, 5) is 5.13. The average molecular weight is 197 g/mol. The second kappa shape index (κ2) is 4.17. The predicted molar refractivity (Wildman–Crippen MR) is 59.3 cm³/mol. The zero-order valence-corrected chi connectivity index (χ0v) is 9.45. The van der Waals surface area contributed by atoms with Crippen molar-refractivity contribution < 1.29 is 0 Å². The molecule has 0 aromatic rings. The fourth-order valence-electron chi connectivity index (χ4n) is 3.16. The van der Waals surface area contributed by atoms with Gasteiger partial charge in [0.1, 0.15) is 0 Å². The lowest BCUT2D eigenvalue weighted by Gasteiger charge is -2.30. The quantitative estimate of drug-likeness (QED) is 0.715. The third-order valence-corrected chi connectivity index (χ3v) is 3.71. The molecule has 3 atom stereocenters. The van der Waals surface area contributed by atoms with Crippen LogP contribution < -0.4 is 5.73 Å². The Labute approximate surface area is 87.2 Å². The Morgan fingerprint density at radius 1 is 1.43 bits per heavy atom. The first-order valence-corrected chi connectivity index (χ1v) is 5.88. The average Bonchev–Trinajstić information content (AvgIpc) is 2.59. The summed E-state index contributed by atoms with van der Waals surface area (Å²) in [6, 6.07) is 1.90. The van der Waals surface area contributed by atoms with Gasteiger partial charge in [-0.15, -0.1) is 0 Å². The van der Waals surface area contributed by atoms with E-state index in [2.05, 4.69) is 23.8 Å². The first kappa shape index (κ1) is 10.4. The Balaban J connectivity index is 1.91. The first-order valence-electron chi connectivity index (χ1n) is 5.88. The van der Waals surface area contributed by atoms with Gasteiger partial charge in [0.15, 0.2) is 0 Å². The van der Waals surface area contributed by atoms with Gasteiger partial charge in [0, 0.05) is 31.2 Å². The maximum atomic E-state index is 5.84. The van der Waals surface area contributed by atoms with Crippen molar-refractivity contribution in [3.8, 4) is 0 Å². The van der Waals surface area contributed by atoms with E-state index >= 15 is 0 Å². The number of rotatable bonds is 3. The van der Waals surface area contributed by atoms with Crippen LogP contribution in [0.1, 0.15) is 26.2 Å². The molecule has 2 aliphatic heterocycles. The van der Waals surface area contributed by atoms with Crippen LogP contribution in [0.3, 0.4) is 0 Å². The van der Waals surface area contributed by atoms with E-state index in [0.717, 1.165) is 18.6 Å². The van der Waals surface area contributed by atoms with Gasteiger partial charge in [-0.3, -0.25) is 4.90 Å². The molecule has 2 heterocycles. The number of likely N-dealkylation sites (N-methyl/N-ethyl adjacent to an activating group) is 1. The minimum absolute atomic E-state index is 0.301. The minimum Gasteiger partial charge on any atom is -0.327 e. The van der Waals surface area contributed by atoms with Gasteiger partial charge in [-0.1, -0.05) is 0 Å². The van der Waals surface area contributed by atoms with Gasteiger partial charge in [0.2, 0.25) is 0 Å². The standard InChI is InChI=1S/C11H23N3/c1-9(12)8-13(2)10-5-7-14-6-3-4-11(10)14/h9-11H,3-8,12H2,1-2H3. The predicted octanol–water partition coefficient (Wildman–Crippen LogP) is 0.502. The number of nitrogens with zero attached hydrogens (tertiary/aromatic N) is 2. The summed E-state index contributed by atoms with van der Waals surface area (Å²) >= 11 is 0. The van der Waals surface area contributed by atoms with Crippen molar-refractivity contribution in [1.82, 2.24) is 9.80 Å². The molecule has 3 unspecified atom stereocenters. The maximum absolute atomic E-state index is 5.84. The van der Waals surface area contributed by atoms with Crippen LogP contribution >= 0.6 is 0 Å². The van der Waals surface area contributed by atoms with Crippen LogP contribution in [0.15, 0.2) is 0 Å². The summed E-state index contributed by atoms with van der Waals surface area (Å²) < 4.78 is 0. The molecule has 2 saturated heterocycles. The van der Waals surface area contributed by atoms with E-state index < -0.39 is 0 Å². The molecule has 14 heavy (non-hydrogen) atoms. The zero-order chi connectivity index (χ0) is 10.1. The van der Waals surface area contributed by atoms with Crippen molar-refractivity contribution in [2.75, 3.05) is 26.7 Å². The molecule has 0 amide bonds. The molecule has 0 radical (unpaired) electrons. The highest BCUT2D eigenvalue weighted by atomic mass is 15.3. The summed E-state index contributed by atoms with van der Waals surface area (Å²) in [6.45, 7) is 5.76. The molecule has 0 aliphatic carbocycles. The van der Waals surface area contributed by atoms with Crippen LogP contribution in [0.2, 0.25) is 0 Å². The second-order valence-electron chi connectivity index (χ2n) is 5.02. The lowest BCUT2D eigenvalue weighted by atomic mass is 10.0. The van der Waals surface area contributed by atoms with Gasteiger partial charge < -0.3 is 10.6 Å². The smallest absolute Gasteiger partial charge is 0.0261 e. The summed E-state index contributed by atoms with van der Waals surface area (Å²) in [5.41, 5.74) is 5.84. The number of fused-ring (bicyclic) bond motifs is 1. The van der Waals surface area contributed by atoms with Gasteiger partial charge in [-0.05, 0) is 39.8 Å². The van der Waals surface area contributed by atoms with E-state index in [-0.39, 0.29) is 0 Å². The Hall–Kier alpha value is -0.120. The van der Waals surface area contributed by atoms with Crippen LogP contribution in [0.25, 0.3) is 0 Å². The molecule has 2 N–H and O–H groups in total. The lowest BCUT2D eigenvalue weighted by molar-refractivity contribution is 0.186. The molecule has 82 valence electrons. The van der Waals surface area contributed by atoms with E-state index in [0.29, 0.717) is 6.04 Å². The van der Waals surface area contributed by atoms with Gasteiger partial charge >= 0.3 is 0 Å². The Morgan fingerprint density at radius 2 is 2.21 bits per heavy atom. The third kappa shape index (κ3) is 1.95. The number of nitrogens with two attached hydrogens (primary N) is 1. The van der Waals surface area contributed by atoms with E-state index in [1.807, 2.05) is 0 Å². The maximum Gasteiger partial charge on any atom is 0.0261 e. The lowest BCUT2D eigenvalue weighted by Crippen LogP contribution is -2.44. The van der Waals surface area contributed by atoms with Crippen molar-refractivity contribution >= 4 is 0 Å². The second-order valence-corrected chi connectivity index (χ2v) is 5.02. The van der Waals surface area contributed by atoms with Crippen LogP contribution in [0.4, 0.5) is 0 Å². The van der Waals surface area contributed by atoms with Gasteiger partial charge in [-0.25, -0.2) is 0 Å². The van der Waals surface area contributed by atoms with Gasteiger partial charge in [0.25, 0.3) is 0 Å². The Morgan fingerprint density at radius 3 is 2.93 bits per heavy atom. The van der Waals surface area contributed by atoms with Crippen molar-refractivity contribution in [2.45, 2.75) is 44.3 Å². The van der Waals surface area contributed by atoms with Gasteiger partial charge in [-0.2, -0.15) is 0 Å². The highest BCUT2D eigenvalue weighted by Gasteiger charge is 2.38. The molecule has 0 saturated carbocycles. The Kier molecular flexibility index (Phi) is 3.10. The molecule has 2 aliphatic rings. The first-order chi connectivity index (χ1) is 6.68. The molecular weight excluding hydrogens is 174 g/mol. The monoisotopic (exact) mass is 197 g/mol. The highest BCUT2D eigenvalue weighted by Crippen LogP contribution is 2.30. The van der Waals surface area contributed by atoms with Crippen LogP contribution in [0, 0.1) is 0 Å². The molecule has 0 bridgehead atoms. The van der Waals surface area contributed by atoms with Crippen LogP contribution in [0.5, 0.6) is 0 Å². The SMILES string of the molecule is CC(N)CN(C)C1CCN2CCCC12. The largest absolute Gasteiger partial charge is 0.327 e. The van der Waals surface area contributed by atoms with Crippen molar-refractivity contribution in [1.29, 1.82) is 0 Å².